The van der Waals surface area contributed by atoms with Crippen LogP contribution in [0.2, 0.25) is 0 Å². The lowest BCUT2D eigenvalue weighted by molar-refractivity contribution is -0.120. The number of amides is 2. The third-order valence-electron chi connectivity index (χ3n) is 4.02. The molecule has 1 aromatic heterocycles. The van der Waals surface area contributed by atoms with Gasteiger partial charge in [-0.2, -0.15) is 0 Å². The first kappa shape index (κ1) is 16.8. The molecule has 0 spiro atoms. The van der Waals surface area contributed by atoms with Crippen molar-refractivity contribution in [3.05, 3.63) is 42.2 Å². The van der Waals surface area contributed by atoms with Gasteiger partial charge < -0.3 is 10.2 Å². The van der Waals surface area contributed by atoms with Crippen LogP contribution in [0.5, 0.6) is 0 Å². The summed E-state index contributed by atoms with van der Waals surface area (Å²) in [5, 5.41) is 14.7. The van der Waals surface area contributed by atoms with Crippen molar-refractivity contribution >= 4 is 17.5 Å². The van der Waals surface area contributed by atoms with Crippen LogP contribution in [0.15, 0.2) is 36.4 Å². The first-order chi connectivity index (χ1) is 12.0. The summed E-state index contributed by atoms with van der Waals surface area (Å²) in [6.07, 6.45) is 6.78. The lowest BCUT2D eigenvalue weighted by Crippen LogP contribution is -2.23. The fourth-order valence-electron chi connectivity index (χ4n) is 2.56. The van der Waals surface area contributed by atoms with E-state index in [4.69, 9.17) is 0 Å². The van der Waals surface area contributed by atoms with Gasteiger partial charge >= 0.3 is 0 Å². The zero-order valence-corrected chi connectivity index (χ0v) is 14.2. The van der Waals surface area contributed by atoms with E-state index in [9.17, 15) is 9.59 Å². The molecule has 130 valence electrons. The van der Waals surface area contributed by atoms with Crippen LogP contribution in [0.1, 0.15) is 29.9 Å². The van der Waals surface area contributed by atoms with Gasteiger partial charge in [-0.3, -0.25) is 9.59 Å². The molecule has 25 heavy (non-hydrogen) atoms. The predicted octanol–water partition coefficient (Wildman–Crippen LogP) is 1.66. The Balaban J connectivity index is 1.67. The Morgan fingerprint density at radius 3 is 2.60 bits per heavy atom. The second-order valence-corrected chi connectivity index (χ2v) is 6.12. The zero-order chi connectivity index (χ0) is 17.8. The molecule has 8 nitrogen and oxygen atoms in total. The lowest BCUT2D eigenvalue weighted by Gasteiger charge is -2.17. The van der Waals surface area contributed by atoms with Crippen molar-refractivity contribution in [1.29, 1.82) is 0 Å². The molecule has 0 unspecified atom stereocenters. The second-order valence-electron chi connectivity index (χ2n) is 6.12. The van der Waals surface area contributed by atoms with Crippen LogP contribution in [0.4, 0.5) is 5.69 Å². The Morgan fingerprint density at radius 2 is 1.96 bits per heavy atom. The molecular formula is C17H20N6O2. The summed E-state index contributed by atoms with van der Waals surface area (Å²) < 4.78 is 0. The molecule has 0 saturated carbocycles. The molecule has 8 heteroatoms. The van der Waals surface area contributed by atoms with E-state index < -0.39 is 0 Å². The monoisotopic (exact) mass is 340 g/mol. The number of anilines is 1. The normalized spacial score (nSPS) is 16.5. The number of benzene rings is 1. The molecule has 0 aliphatic heterocycles. The van der Waals surface area contributed by atoms with Crippen molar-refractivity contribution in [2.24, 2.45) is 5.92 Å². The molecule has 1 aliphatic rings. The van der Waals surface area contributed by atoms with Crippen molar-refractivity contribution in [2.45, 2.75) is 19.3 Å². The van der Waals surface area contributed by atoms with Gasteiger partial charge in [0.1, 0.15) is 0 Å². The molecule has 1 aliphatic carbocycles. The maximum atomic E-state index is 12.2. The van der Waals surface area contributed by atoms with Gasteiger partial charge in [0.05, 0.1) is 5.69 Å². The topological polar surface area (TPSA) is 93.0 Å². The fourth-order valence-corrected chi connectivity index (χ4v) is 2.56. The van der Waals surface area contributed by atoms with Crippen molar-refractivity contribution in [3.63, 3.8) is 0 Å². The lowest BCUT2D eigenvalue weighted by atomic mass is 9.93. The minimum Gasteiger partial charge on any atom is -0.342 e. The molecule has 1 atom stereocenters. The van der Waals surface area contributed by atoms with Crippen molar-refractivity contribution in [3.8, 4) is 5.69 Å². The molecule has 1 heterocycles. The van der Waals surface area contributed by atoms with Gasteiger partial charge in [0.25, 0.3) is 11.7 Å². The maximum absolute atomic E-state index is 12.2. The number of rotatable bonds is 4. The highest BCUT2D eigenvalue weighted by molar-refractivity contribution is 5.92. The minimum absolute atomic E-state index is 0.0289. The summed E-state index contributed by atoms with van der Waals surface area (Å²) in [4.78, 5) is 26.7. The zero-order valence-electron chi connectivity index (χ0n) is 14.2. The molecule has 1 N–H and O–H groups in total. The van der Waals surface area contributed by atoms with E-state index >= 15 is 0 Å². The number of hydrogen-bond acceptors (Lipinski definition) is 5. The maximum Gasteiger partial charge on any atom is 0.294 e. The highest BCUT2D eigenvalue weighted by Gasteiger charge is 2.19. The molecule has 3 rings (SSSR count). The summed E-state index contributed by atoms with van der Waals surface area (Å²) in [5.74, 6) is -0.208. The van der Waals surface area contributed by atoms with Crippen LogP contribution in [0.25, 0.3) is 5.69 Å². The van der Waals surface area contributed by atoms with Gasteiger partial charge in [0, 0.05) is 25.7 Å². The summed E-state index contributed by atoms with van der Waals surface area (Å²) >= 11 is 0. The number of hydrogen-bond donors (Lipinski definition) is 1. The summed E-state index contributed by atoms with van der Waals surface area (Å²) in [7, 11) is 3.26. The van der Waals surface area contributed by atoms with Crippen molar-refractivity contribution in [2.75, 3.05) is 19.4 Å². The van der Waals surface area contributed by atoms with Gasteiger partial charge in [-0.15, -0.1) is 15.0 Å². The molecule has 0 fully saturated rings. The fraction of sp³-hybridized carbons (Fsp3) is 0.353. The average molecular weight is 340 g/mol. The van der Waals surface area contributed by atoms with E-state index in [0.29, 0.717) is 11.4 Å². The smallest absolute Gasteiger partial charge is 0.294 e. The van der Waals surface area contributed by atoms with E-state index in [1.165, 1.54) is 9.70 Å². The molecule has 2 amide bonds. The predicted molar refractivity (Wildman–Crippen MR) is 92.3 cm³/mol. The molecule has 0 bridgehead atoms. The SMILES string of the molecule is CN(C)C(=O)c1nnn(-c2ccc(NC(=O)[C@@H]3CC=CCC3)cc2)n1. The molecular weight excluding hydrogens is 320 g/mol. The van der Waals surface area contributed by atoms with E-state index in [1.807, 2.05) is 0 Å². The van der Waals surface area contributed by atoms with Crippen molar-refractivity contribution in [1.82, 2.24) is 25.1 Å². The number of aromatic nitrogens is 4. The van der Waals surface area contributed by atoms with E-state index in [0.717, 1.165) is 19.3 Å². The Kier molecular flexibility index (Phi) is 4.87. The van der Waals surface area contributed by atoms with Crippen LogP contribution >= 0.6 is 0 Å². The summed E-state index contributed by atoms with van der Waals surface area (Å²) in [5.41, 5.74) is 1.37. The van der Waals surface area contributed by atoms with Crippen LogP contribution in [0.3, 0.4) is 0 Å². The number of nitrogens with one attached hydrogen (secondary N) is 1. The molecule has 0 saturated heterocycles. The van der Waals surface area contributed by atoms with Gasteiger partial charge in [0.2, 0.25) is 5.91 Å². The van der Waals surface area contributed by atoms with E-state index in [2.05, 4.69) is 32.9 Å². The van der Waals surface area contributed by atoms with Gasteiger partial charge in [-0.1, -0.05) is 12.2 Å². The van der Waals surface area contributed by atoms with E-state index in [-0.39, 0.29) is 23.6 Å². The van der Waals surface area contributed by atoms with Crippen LogP contribution < -0.4 is 5.32 Å². The molecule has 2 aromatic rings. The molecule has 1 aromatic carbocycles. The molecule has 0 radical (unpaired) electrons. The number of carbonyl (C=O) groups excluding carboxylic acids is 2. The van der Waals surface area contributed by atoms with Crippen LogP contribution in [0, 0.1) is 5.92 Å². The minimum atomic E-state index is -0.309. The first-order valence-corrected chi connectivity index (χ1v) is 8.12. The highest BCUT2D eigenvalue weighted by atomic mass is 16.2. The van der Waals surface area contributed by atoms with Gasteiger partial charge in [-0.25, -0.2) is 0 Å². The Bertz CT molecular complexity index is 794. The van der Waals surface area contributed by atoms with Crippen molar-refractivity contribution < 1.29 is 9.59 Å². The number of nitrogens with zero attached hydrogens (tertiary/aromatic N) is 5. The first-order valence-electron chi connectivity index (χ1n) is 8.12. The number of allylic oxidation sites excluding steroid dienone is 2. The average Bonchev–Trinajstić information content (AvgIpc) is 3.12. The van der Waals surface area contributed by atoms with Gasteiger partial charge in [0.15, 0.2) is 0 Å². The standard InChI is InChI=1S/C17H20N6O2/c1-22(2)17(25)15-19-21-23(20-15)14-10-8-13(9-11-14)18-16(24)12-6-4-3-5-7-12/h3-4,8-12H,5-7H2,1-2H3,(H,18,24)/t12-/m1/s1. The van der Waals surface area contributed by atoms with Crippen LogP contribution in [-0.4, -0.2) is 51.0 Å². The number of carbonyl (C=O) groups is 2. The van der Waals surface area contributed by atoms with E-state index in [1.54, 1.807) is 38.4 Å². The second kappa shape index (κ2) is 7.25. The Hall–Kier alpha value is -3.03. The Morgan fingerprint density at radius 1 is 1.20 bits per heavy atom. The van der Waals surface area contributed by atoms with Gasteiger partial charge in [-0.05, 0) is 48.7 Å². The largest absolute Gasteiger partial charge is 0.342 e. The summed E-state index contributed by atoms with van der Waals surface area (Å²) in [6, 6.07) is 7.09. The quantitative estimate of drug-likeness (QED) is 0.855. The Labute approximate surface area is 145 Å². The third kappa shape index (κ3) is 3.90. The summed E-state index contributed by atoms with van der Waals surface area (Å²) in [6.45, 7) is 0. The number of tetrazole rings is 1. The third-order valence-corrected chi connectivity index (χ3v) is 4.02. The van der Waals surface area contributed by atoms with Crippen LogP contribution in [-0.2, 0) is 4.79 Å². The highest BCUT2D eigenvalue weighted by Crippen LogP contribution is 2.20.